The standard InChI is InChI=1S/C11H15ClN2/c1-7(8-2-3-8)14-11(12)6-10(13-14)9-4-5-9/h6-9H,2-5H2,1H3. The summed E-state index contributed by atoms with van der Waals surface area (Å²) in [6.45, 7) is 2.23. The molecule has 0 saturated heterocycles. The maximum atomic E-state index is 6.18. The van der Waals surface area contributed by atoms with Crippen molar-refractivity contribution in [1.82, 2.24) is 9.78 Å². The number of rotatable bonds is 3. The Bertz CT molecular complexity index is 350. The first-order chi connectivity index (χ1) is 6.75. The molecule has 0 radical (unpaired) electrons. The SMILES string of the molecule is CC(C1CC1)n1nc(C2CC2)cc1Cl. The Morgan fingerprint density at radius 3 is 2.71 bits per heavy atom. The van der Waals surface area contributed by atoms with Crippen molar-refractivity contribution in [3.05, 3.63) is 16.9 Å². The molecule has 76 valence electrons. The Morgan fingerprint density at radius 1 is 1.43 bits per heavy atom. The second-order valence-corrected chi connectivity index (χ2v) is 5.08. The first-order valence-corrected chi connectivity index (χ1v) is 5.88. The zero-order valence-electron chi connectivity index (χ0n) is 8.41. The molecule has 3 heteroatoms. The second-order valence-electron chi connectivity index (χ2n) is 4.69. The van der Waals surface area contributed by atoms with E-state index in [0.717, 1.165) is 11.1 Å². The van der Waals surface area contributed by atoms with Crippen LogP contribution in [0.5, 0.6) is 0 Å². The van der Waals surface area contributed by atoms with Crippen LogP contribution in [0, 0.1) is 5.92 Å². The number of hydrogen-bond acceptors (Lipinski definition) is 1. The van der Waals surface area contributed by atoms with Crippen LogP contribution in [0.2, 0.25) is 5.15 Å². The summed E-state index contributed by atoms with van der Waals surface area (Å²) in [5, 5.41) is 5.44. The van der Waals surface area contributed by atoms with Gasteiger partial charge in [0.25, 0.3) is 0 Å². The summed E-state index contributed by atoms with van der Waals surface area (Å²) in [7, 11) is 0. The topological polar surface area (TPSA) is 17.8 Å². The lowest BCUT2D eigenvalue weighted by molar-refractivity contribution is 0.437. The van der Waals surface area contributed by atoms with Crippen molar-refractivity contribution < 1.29 is 0 Å². The molecular formula is C11H15ClN2. The van der Waals surface area contributed by atoms with Crippen LogP contribution in [0.4, 0.5) is 0 Å². The number of halogens is 1. The van der Waals surface area contributed by atoms with Crippen LogP contribution >= 0.6 is 11.6 Å². The largest absolute Gasteiger partial charge is 0.251 e. The highest BCUT2D eigenvalue weighted by Gasteiger charge is 2.33. The number of nitrogens with zero attached hydrogens (tertiary/aromatic N) is 2. The Balaban J connectivity index is 1.87. The lowest BCUT2D eigenvalue weighted by Gasteiger charge is -2.11. The molecule has 0 aromatic carbocycles. The third-order valence-electron chi connectivity index (χ3n) is 3.39. The van der Waals surface area contributed by atoms with Gasteiger partial charge in [-0.2, -0.15) is 5.10 Å². The lowest BCUT2D eigenvalue weighted by Crippen LogP contribution is -2.09. The van der Waals surface area contributed by atoms with E-state index >= 15 is 0 Å². The molecule has 2 saturated carbocycles. The molecule has 1 heterocycles. The monoisotopic (exact) mass is 210 g/mol. The quantitative estimate of drug-likeness (QED) is 0.748. The van der Waals surface area contributed by atoms with E-state index in [0.29, 0.717) is 12.0 Å². The Hall–Kier alpha value is -0.500. The number of hydrogen-bond donors (Lipinski definition) is 0. The van der Waals surface area contributed by atoms with Crippen molar-refractivity contribution in [3.8, 4) is 0 Å². The van der Waals surface area contributed by atoms with Crippen molar-refractivity contribution in [2.45, 2.75) is 44.6 Å². The van der Waals surface area contributed by atoms with Crippen LogP contribution in [-0.4, -0.2) is 9.78 Å². The van der Waals surface area contributed by atoms with E-state index in [1.807, 2.05) is 4.68 Å². The van der Waals surface area contributed by atoms with Gasteiger partial charge in [0.05, 0.1) is 11.7 Å². The van der Waals surface area contributed by atoms with E-state index in [1.54, 1.807) is 0 Å². The molecule has 2 aliphatic carbocycles. The van der Waals surface area contributed by atoms with E-state index in [9.17, 15) is 0 Å². The highest BCUT2D eigenvalue weighted by Crippen LogP contribution is 2.43. The van der Waals surface area contributed by atoms with Gasteiger partial charge >= 0.3 is 0 Å². The minimum atomic E-state index is 0.495. The van der Waals surface area contributed by atoms with Gasteiger partial charge < -0.3 is 0 Å². The Kier molecular flexibility index (Phi) is 1.88. The van der Waals surface area contributed by atoms with Gasteiger partial charge in [-0.1, -0.05) is 11.6 Å². The molecule has 2 aliphatic rings. The van der Waals surface area contributed by atoms with Gasteiger partial charge in [-0.25, -0.2) is 0 Å². The summed E-state index contributed by atoms with van der Waals surface area (Å²) in [5.74, 6) is 1.53. The van der Waals surface area contributed by atoms with E-state index in [1.165, 1.54) is 31.4 Å². The highest BCUT2D eigenvalue weighted by molar-refractivity contribution is 6.29. The molecule has 2 fully saturated rings. The maximum absolute atomic E-state index is 6.18. The van der Waals surface area contributed by atoms with Crippen molar-refractivity contribution in [2.75, 3.05) is 0 Å². The Morgan fingerprint density at radius 2 is 2.14 bits per heavy atom. The van der Waals surface area contributed by atoms with Gasteiger partial charge in [-0.05, 0) is 44.6 Å². The van der Waals surface area contributed by atoms with Crippen molar-refractivity contribution in [2.24, 2.45) is 5.92 Å². The molecule has 1 atom stereocenters. The summed E-state index contributed by atoms with van der Waals surface area (Å²) in [6, 6.07) is 2.55. The molecule has 2 nitrogen and oxygen atoms in total. The third-order valence-corrected chi connectivity index (χ3v) is 3.68. The molecule has 0 N–H and O–H groups in total. The number of aromatic nitrogens is 2. The van der Waals surface area contributed by atoms with E-state index in [2.05, 4.69) is 18.1 Å². The molecule has 0 aliphatic heterocycles. The normalized spacial score (nSPS) is 23.9. The van der Waals surface area contributed by atoms with Crippen LogP contribution in [-0.2, 0) is 0 Å². The summed E-state index contributed by atoms with van der Waals surface area (Å²) in [4.78, 5) is 0. The fraction of sp³-hybridized carbons (Fsp3) is 0.727. The zero-order valence-corrected chi connectivity index (χ0v) is 9.17. The Labute approximate surface area is 89.2 Å². The predicted octanol–water partition coefficient (Wildman–Crippen LogP) is 3.38. The molecular weight excluding hydrogens is 196 g/mol. The molecule has 1 unspecified atom stereocenters. The second kappa shape index (κ2) is 2.99. The summed E-state index contributed by atoms with van der Waals surface area (Å²) >= 11 is 6.18. The molecule has 0 amide bonds. The van der Waals surface area contributed by atoms with Crippen molar-refractivity contribution in [1.29, 1.82) is 0 Å². The minimum Gasteiger partial charge on any atom is -0.251 e. The van der Waals surface area contributed by atoms with Gasteiger partial charge in [-0.3, -0.25) is 4.68 Å². The summed E-state index contributed by atoms with van der Waals surface area (Å²) in [6.07, 6.45) is 5.28. The summed E-state index contributed by atoms with van der Waals surface area (Å²) < 4.78 is 2.02. The lowest BCUT2D eigenvalue weighted by atomic mass is 10.2. The van der Waals surface area contributed by atoms with Gasteiger partial charge in [-0.15, -0.1) is 0 Å². The molecule has 14 heavy (non-hydrogen) atoms. The first kappa shape index (κ1) is 8.78. The third kappa shape index (κ3) is 1.46. The first-order valence-electron chi connectivity index (χ1n) is 5.50. The van der Waals surface area contributed by atoms with Gasteiger partial charge in [0, 0.05) is 5.92 Å². The minimum absolute atomic E-state index is 0.495. The van der Waals surface area contributed by atoms with E-state index in [-0.39, 0.29) is 0 Å². The van der Waals surface area contributed by atoms with Crippen molar-refractivity contribution in [3.63, 3.8) is 0 Å². The van der Waals surface area contributed by atoms with Gasteiger partial charge in [0.15, 0.2) is 0 Å². The average Bonchev–Trinajstić information content (AvgIpc) is 2.99. The van der Waals surface area contributed by atoms with Crippen LogP contribution in [0.25, 0.3) is 0 Å². The fourth-order valence-corrected chi connectivity index (χ4v) is 2.34. The van der Waals surface area contributed by atoms with E-state index in [4.69, 9.17) is 11.6 Å². The molecule has 0 bridgehead atoms. The van der Waals surface area contributed by atoms with Crippen LogP contribution in [0.3, 0.4) is 0 Å². The highest BCUT2D eigenvalue weighted by atomic mass is 35.5. The molecule has 1 aromatic rings. The van der Waals surface area contributed by atoms with Crippen molar-refractivity contribution >= 4 is 11.6 Å². The predicted molar refractivity (Wildman–Crippen MR) is 56.6 cm³/mol. The average molecular weight is 211 g/mol. The smallest absolute Gasteiger partial charge is 0.127 e. The van der Waals surface area contributed by atoms with Crippen LogP contribution < -0.4 is 0 Å². The van der Waals surface area contributed by atoms with Gasteiger partial charge in [0.2, 0.25) is 0 Å². The van der Waals surface area contributed by atoms with Crippen LogP contribution in [0.1, 0.15) is 50.3 Å². The van der Waals surface area contributed by atoms with E-state index < -0.39 is 0 Å². The zero-order chi connectivity index (χ0) is 9.71. The van der Waals surface area contributed by atoms with Crippen LogP contribution in [0.15, 0.2) is 6.07 Å². The summed E-state index contributed by atoms with van der Waals surface area (Å²) in [5.41, 5.74) is 1.21. The molecule has 1 aromatic heterocycles. The van der Waals surface area contributed by atoms with Gasteiger partial charge in [0.1, 0.15) is 5.15 Å². The maximum Gasteiger partial charge on any atom is 0.127 e. The fourth-order valence-electron chi connectivity index (χ4n) is 2.03. The molecule has 3 rings (SSSR count). The molecule has 0 spiro atoms.